The van der Waals surface area contributed by atoms with Crippen LogP contribution in [0.25, 0.3) is 11.0 Å². The molecule has 0 saturated carbocycles. The molecule has 2 N–H and O–H groups in total. The number of nitrogens with one attached hydrogen (secondary N) is 2. The van der Waals surface area contributed by atoms with Crippen molar-refractivity contribution in [3.8, 4) is 0 Å². The molecule has 2 heterocycles. The predicted octanol–water partition coefficient (Wildman–Crippen LogP) is 3.40. The summed E-state index contributed by atoms with van der Waals surface area (Å²) in [6.07, 6.45) is 1.79. The summed E-state index contributed by atoms with van der Waals surface area (Å²) >= 11 is 0. The number of rotatable bonds is 4. The molecule has 2 aromatic heterocycles. The van der Waals surface area contributed by atoms with Gasteiger partial charge in [-0.15, -0.1) is 0 Å². The number of aromatic nitrogens is 4. The van der Waals surface area contributed by atoms with Crippen molar-refractivity contribution >= 4 is 16.9 Å². The van der Waals surface area contributed by atoms with Crippen LogP contribution in [0, 0.1) is 6.92 Å². The minimum absolute atomic E-state index is 0.320. The van der Waals surface area contributed by atoms with Gasteiger partial charge in [-0.3, -0.25) is 0 Å². The second-order valence-electron chi connectivity index (χ2n) is 5.46. The number of hydrogen-bond acceptors (Lipinski definition) is 4. The zero-order valence-electron chi connectivity index (χ0n) is 12.5. The van der Waals surface area contributed by atoms with Gasteiger partial charge in [-0.2, -0.15) is 0 Å². The van der Waals surface area contributed by atoms with Crippen molar-refractivity contribution in [3.05, 3.63) is 47.7 Å². The minimum Gasteiger partial charge on any atom is -0.363 e. The van der Waals surface area contributed by atoms with E-state index in [1.165, 1.54) is 5.56 Å². The number of aromatic amines is 1. The van der Waals surface area contributed by atoms with Gasteiger partial charge in [0.2, 0.25) is 0 Å². The number of hydrogen-bond donors (Lipinski definition) is 2. The summed E-state index contributed by atoms with van der Waals surface area (Å²) in [5, 5.41) is 3.29. The van der Waals surface area contributed by atoms with Crippen LogP contribution in [0.4, 0.5) is 5.82 Å². The molecule has 5 nitrogen and oxygen atoms in total. The third-order valence-electron chi connectivity index (χ3n) is 3.39. The molecule has 0 unspecified atom stereocenters. The largest absolute Gasteiger partial charge is 0.363 e. The van der Waals surface area contributed by atoms with Gasteiger partial charge in [-0.25, -0.2) is 15.0 Å². The standard InChI is InChI=1S/C16H19N5/c1-10(2)16-17-8-7-13(21-16)18-9-14-19-12-6-4-5-11(3)15(12)20-14/h4-8,10H,9H2,1-3H3,(H,19,20)(H,17,18,21). The molecule has 5 heteroatoms. The van der Waals surface area contributed by atoms with Gasteiger partial charge in [-0.05, 0) is 24.6 Å². The first-order valence-electron chi connectivity index (χ1n) is 7.14. The first-order chi connectivity index (χ1) is 10.1. The van der Waals surface area contributed by atoms with Crippen molar-refractivity contribution in [2.24, 2.45) is 0 Å². The van der Waals surface area contributed by atoms with Crippen LogP contribution in [-0.2, 0) is 6.54 Å². The summed E-state index contributed by atoms with van der Waals surface area (Å²) in [5.41, 5.74) is 3.27. The van der Waals surface area contributed by atoms with Crippen molar-refractivity contribution in [1.29, 1.82) is 0 Å². The van der Waals surface area contributed by atoms with Crippen molar-refractivity contribution in [1.82, 2.24) is 19.9 Å². The van der Waals surface area contributed by atoms with Crippen molar-refractivity contribution < 1.29 is 0 Å². The highest BCUT2D eigenvalue weighted by atomic mass is 15.1. The van der Waals surface area contributed by atoms with E-state index in [1.54, 1.807) is 6.20 Å². The molecule has 3 aromatic rings. The van der Waals surface area contributed by atoms with Gasteiger partial charge in [0.15, 0.2) is 0 Å². The van der Waals surface area contributed by atoms with E-state index in [-0.39, 0.29) is 0 Å². The van der Waals surface area contributed by atoms with Gasteiger partial charge in [0.05, 0.1) is 17.6 Å². The summed E-state index contributed by atoms with van der Waals surface area (Å²) in [6.45, 7) is 6.85. The van der Waals surface area contributed by atoms with E-state index in [0.29, 0.717) is 12.5 Å². The SMILES string of the molecule is Cc1cccc2[nH]c(CNc3ccnc(C(C)C)n3)nc12. The molecule has 0 fully saturated rings. The molecule has 0 atom stereocenters. The Morgan fingerprint density at radius 1 is 1.19 bits per heavy atom. The number of nitrogens with zero attached hydrogens (tertiary/aromatic N) is 3. The van der Waals surface area contributed by atoms with Crippen LogP contribution in [0.1, 0.15) is 37.0 Å². The van der Waals surface area contributed by atoms with E-state index in [1.807, 2.05) is 18.2 Å². The van der Waals surface area contributed by atoms with E-state index in [9.17, 15) is 0 Å². The van der Waals surface area contributed by atoms with Crippen molar-refractivity contribution in [2.75, 3.05) is 5.32 Å². The van der Waals surface area contributed by atoms with Crippen molar-refractivity contribution in [2.45, 2.75) is 33.2 Å². The van der Waals surface area contributed by atoms with E-state index in [0.717, 1.165) is 28.5 Å². The average Bonchev–Trinajstić information content (AvgIpc) is 2.90. The molecule has 0 aliphatic carbocycles. The van der Waals surface area contributed by atoms with E-state index in [4.69, 9.17) is 0 Å². The van der Waals surface area contributed by atoms with Crippen LogP contribution in [0.2, 0.25) is 0 Å². The average molecular weight is 281 g/mol. The monoisotopic (exact) mass is 281 g/mol. The molecule has 0 radical (unpaired) electrons. The lowest BCUT2D eigenvalue weighted by Crippen LogP contribution is -2.05. The molecular formula is C16H19N5. The fraction of sp³-hybridized carbons (Fsp3) is 0.312. The fourth-order valence-electron chi connectivity index (χ4n) is 2.24. The summed E-state index contributed by atoms with van der Waals surface area (Å²) in [5.74, 6) is 2.90. The third-order valence-corrected chi connectivity index (χ3v) is 3.39. The molecule has 3 rings (SSSR count). The smallest absolute Gasteiger partial charge is 0.133 e. The summed E-state index contributed by atoms with van der Waals surface area (Å²) in [7, 11) is 0. The Morgan fingerprint density at radius 3 is 2.81 bits per heavy atom. The Labute approximate surface area is 123 Å². The molecule has 0 bridgehead atoms. The van der Waals surface area contributed by atoms with Gasteiger partial charge < -0.3 is 10.3 Å². The van der Waals surface area contributed by atoms with Gasteiger partial charge >= 0.3 is 0 Å². The molecule has 0 spiro atoms. The van der Waals surface area contributed by atoms with E-state index < -0.39 is 0 Å². The number of para-hydroxylation sites is 1. The van der Waals surface area contributed by atoms with E-state index >= 15 is 0 Å². The Hall–Kier alpha value is -2.43. The normalized spacial score (nSPS) is 11.2. The molecule has 0 amide bonds. The molecule has 0 aliphatic rings. The van der Waals surface area contributed by atoms with Crippen LogP contribution in [-0.4, -0.2) is 19.9 Å². The van der Waals surface area contributed by atoms with Crippen LogP contribution in [0.3, 0.4) is 0 Å². The zero-order valence-corrected chi connectivity index (χ0v) is 12.5. The number of benzene rings is 1. The van der Waals surface area contributed by atoms with Gasteiger partial charge in [0.1, 0.15) is 17.5 Å². The van der Waals surface area contributed by atoms with Crippen LogP contribution < -0.4 is 5.32 Å². The number of aryl methyl sites for hydroxylation is 1. The number of anilines is 1. The number of imidazole rings is 1. The topological polar surface area (TPSA) is 66.5 Å². The fourth-order valence-corrected chi connectivity index (χ4v) is 2.24. The molecule has 1 aromatic carbocycles. The Kier molecular flexibility index (Phi) is 3.56. The van der Waals surface area contributed by atoms with Gasteiger partial charge in [-0.1, -0.05) is 26.0 Å². The minimum atomic E-state index is 0.320. The van der Waals surface area contributed by atoms with Gasteiger partial charge in [0.25, 0.3) is 0 Å². The summed E-state index contributed by atoms with van der Waals surface area (Å²) in [6, 6.07) is 8.02. The van der Waals surface area contributed by atoms with Crippen molar-refractivity contribution in [3.63, 3.8) is 0 Å². The van der Waals surface area contributed by atoms with Crippen LogP contribution in [0.15, 0.2) is 30.5 Å². The Bertz CT molecular complexity index is 760. The predicted molar refractivity (Wildman–Crippen MR) is 84.3 cm³/mol. The van der Waals surface area contributed by atoms with E-state index in [2.05, 4.69) is 52.1 Å². The summed E-state index contributed by atoms with van der Waals surface area (Å²) in [4.78, 5) is 16.7. The lowest BCUT2D eigenvalue weighted by Gasteiger charge is -2.07. The van der Waals surface area contributed by atoms with Crippen LogP contribution in [0.5, 0.6) is 0 Å². The maximum Gasteiger partial charge on any atom is 0.133 e. The second-order valence-corrected chi connectivity index (χ2v) is 5.46. The quantitative estimate of drug-likeness (QED) is 0.769. The lowest BCUT2D eigenvalue weighted by atomic mass is 10.2. The van der Waals surface area contributed by atoms with Gasteiger partial charge in [0, 0.05) is 12.1 Å². The first kappa shape index (κ1) is 13.5. The Balaban J connectivity index is 1.77. The lowest BCUT2D eigenvalue weighted by molar-refractivity contribution is 0.773. The molecule has 0 aliphatic heterocycles. The van der Waals surface area contributed by atoms with Crippen LogP contribution >= 0.6 is 0 Å². The molecule has 108 valence electrons. The Morgan fingerprint density at radius 2 is 2.05 bits per heavy atom. The first-order valence-corrected chi connectivity index (χ1v) is 7.14. The maximum atomic E-state index is 4.62. The highest BCUT2D eigenvalue weighted by molar-refractivity contribution is 5.78. The number of H-pyrrole nitrogens is 1. The molecule has 21 heavy (non-hydrogen) atoms. The second kappa shape index (κ2) is 5.52. The molecular weight excluding hydrogens is 262 g/mol. The molecule has 0 saturated heterocycles. The highest BCUT2D eigenvalue weighted by Gasteiger charge is 2.06. The number of fused-ring (bicyclic) bond motifs is 1. The summed E-state index contributed by atoms with van der Waals surface area (Å²) < 4.78 is 0. The third kappa shape index (κ3) is 2.86. The zero-order chi connectivity index (χ0) is 14.8. The highest BCUT2D eigenvalue weighted by Crippen LogP contribution is 2.16. The maximum absolute atomic E-state index is 4.62.